The Morgan fingerprint density at radius 1 is 0.389 bits per heavy atom. The number of aliphatic hydroxyl groups is 1. The van der Waals surface area contributed by atoms with Crippen LogP contribution >= 0.6 is 0 Å². The molecule has 0 aliphatic carbocycles. The fourth-order valence-corrected chi connectivity index (χ4v) is 6.74. The van der Waals surface area contributed by atoms with Gasteiger partial charge in [0.15, 0.2) is 6.10 Å². The van der Waals surface area contributed by atoms with Crippen molar-refractivity contribution in [3.05, 3.63) is 0 Å². The normalized spacial score (nSPS) is 11.7. The fraction of sp³-hybridized carbons (Fsp3) is 0.911. The van der Waals surface area contributed by atoms with Crippen LogP contribution in [0, 0.1) is 0 Å². The lowest BCUT2D eigenvalue weighted by atomic mass is 10.0. The number of carbonyl (C=O) groups excluding carboxylic acids is 3. The number of carboxylic acid groups (broad SMARTS) is 1. The van der Waals surface area contributed by atoms with Gasteiger partial charge in [-0.05, 0) is 32.1 Å². The van der Waals surface area contributed by atoms with Gasteiger partial charge in [0.1, 0.15) is 13.2 Å². The van der Waals surface area contributed by atoms with Gasteiger partial charge in [-0.25, -0.2) is 0 Å². The van der Waals surface area contributed by atoms with E-state index >= 15 is 0 Å². The van der Waals surface area contributed by atoms with E-state index in [-0.39, 0.29) is 44.4 Å². The summed E-state index contributed by atoms with van der Waals surface area (Å²) in [6.07, 6.45) is 37.0. The largest absolute Gasteiger partial charge is 0.481 e. The number of carboxylic acids is 1. The minimum Gasteiger partial charge on any atom is -0.481 e. The second-order valence-electron chi connectivity index (χ2n) is 15.6. The lowest BCUT2D eigenvalue weighted by Crippen LogP contribution is -2.30. The molecule has 9 heteroatoms. The molecule has 0 radical (unpaired) electrons. The van der Waals surface area contributed by atoms with E-state index in [0.717, 1.165) is 51.4 Å². The molecule has 1 unspecified atom stereocenters. The van der Waals surface area contributed by atoms with Crippen LogP contribution in [0.1, 0.15) is 238 Å². The van der Waals surface area contributed by atoms with Gasteiger partial charge in [0.25, 0.3) is 0 Å². The number of unbranched alkanes of at least 4 members (excludes halogenated alkanes) is 29. The quantitative estimate of drug-likeness (QED) is 0.0353. The molecule has 2 N–H and O–H groups in total. The summed E-state index contributed by atoms with van der Waals surface area (Å²) in [7, 11) is 0. The zero-order valence-electron chi connectivity index (χ0n) is 34.9. The monoisotopic (exact) mass is 769 g/mol. The molecule has 0 aromatic carbocycles. The van der Waals surface area contributed by atoms with E-state index in [0.29, 0.717) is 25.9 Å². The van der Waals surface area contributed by atoms with Crippen LogP contribution < -0.4 is 0 Å². The predicted octanol–water partition coefficient (Wildman–Crippen LogP) is 12.1. The molecule has 0 rings (SSSR count). The molecule has 0 bridgehead atoms. The first kappa shape index (κ1) is 51.8. The van der Waals surface area contributed by atoms with Crippen LogP contribution in [0.5, 0.6) is 0 Å². The molecular formula is C45H84O9. The summed E-state index contributed by atoms with van der Waals surface area (Å²) < 4.78 is 16.3. The van der Waals surface area contributed by atoms with E-state index in [1.807, 2.05) is 0 Å². The van der Waals surface area contributed by atoms with Gasteiger partial charge in [0.05, 0.1) is 0 Å². The minimum atomic E-state index is -0.902. The molecule has 0 fully saturated rings. The fourth-order valence-electron chi connectivity index (χ4n) is 6.74. The Kier molecular flexibility index (Phi) is 40.3. The molecule has 9 nitrogen and oxygen atoms in total. The number of rotatable bonds is 43. The molecule has 0 heterocycles. The van der Waals surface area contributed by atoms with E-state index in [1.165, 1.54) is 141 Å². The zero-order valence-corrected chi connectivity index (χ0v) is 34.9. The first-order chi connectivity index (χ1) is 26.4. The van der Waals surface area contributed by atoms with Gasteiger partial charge in [-0.2, -0.15) is 0 Å². The highest BCUT2D eigenvalue weighted by molar-refractivity contribution is 5.71. The van der Waals surface area contributed by atoms with Crippen LogP contribution in [0.2, 0.25) is 0 Å². The van der Waals surface area contributed by atoms with Crippen molar-refractivity contribution < 1.29 is 43.6 Å². The van der Waals surface area contributed by atoms with Gasteiger partial charge < -0.3 is 24.4 Å². The minimum absolute atomic E-state index is 0.00259. The van der Waals surface area contributed by atoms with Crippen LogP contribution in [0.4, 0.5) is 0 Å². The Bertz CT molecular complexity index is 862. The lowest BCUT2D eigenvalue weighted by Gasteiger charge is -2.18. The molecule has 0 saturated heterocycles. The first-order valence-electron chi connectivity index (χ1n) is 22.7. The molecular weight excluding hydrogens is 684 g/mol. The van der Waals surface area contributed by atoms with E-state index in [1.54, 1.807) is 0 Å². The molecule has 0 amide bonds. The first-order valence-corrected chi connectivity index (χ1v) is 22.7. The average molecular weight is 769 g/mol. The summed E-state index contributed by atoms with van der Waals surface area (Å²) in [6, 6.07) is 0. The topological polar surface area (TPSA) is 136 Å². The molecule has 0 aromatic rings. The van der Waals surface area contributed by atoms with E-state index < -0.39 is 18.0 Å². The number of aliphatic carboxylic acids is 1. The Labute approximate surface area is 330 Å². The third kappa shape index (κ3) is 41.0. The Balaban J connectivity index is 4.15. The van der Waals surface area contributed by atoms with Gasteiger partial charge in [-0.1, -0.05) is 180 Å². The van der Waals surface area contributed by atoms with E-state index in [2.05, 4.69) is 6.92 Å². The summed E-state index contributed by atoms with van der Waals surface area (Å²) in [5.41, 5.74) is 0. The average Bonchev–Trinajstić information content (AvgIpc) is 3.15. The van der Waals surface area contributed by atoms with Gasteiger partial charge in [-0.3, -0.25) is 19.2 Å². The van der Waals surface area contributed by atoms with Crippen molar-refractivity contribution >= 4 is 23.9 Å². The third-order valence-corrected chi connectivity index (χ3v) is 10.2. The van der Waals surface area contributed by atoms with Crippen LogP contribution in [0.25, 0.3) is 0 Å². The van der Waals surface area contributed by atoms with Crippen molar-refractivity contribution in [1.29, 1.82) is 0 Å². The highest BCUT2D eigenvalue weighted by Crippen LogP contribution is 2.16. The zero-order chi connectivity index (χ0) is 39.6. The van der Waals surface area contributed by atoms with Crippen molar-refractivity contribution in [3.63, 3.8) is 0 Å². The number of carbonyl (C=O) groups is 4. The standard InChI is InChI=1S/C45H84O9/c1-2-3-4-5-6-7-8-9-11-15-18-21-24-27-30-37-45(51)54-41(40-53-44(50)36-32-31-34-42(47)48)39-52-43(49)35-29-26-23-20-17-14-12-10-13-16-19-22-25-28-33-38-46/h41,46H,2-40H2,1H3,(H,47,48). The lowest BCUT2D eigenvalue weighted by molar-refractivity contribution is -0.167. The summed E-state index contributed by atoms with van der Waals surface area (Å²) in [5, 5.41) is 17.6. The second-order valence-corrected chi connectivity index (χ2v) is 15.6. The van der Waals surface area contributed by atoms with E-state index in [4.69, 9.17) is 24.4 Å². The van der Waals surface area contributed by atoms with Gasteiger partial charge in [0.2, 0.25) is 0 Å². The molecule has 0 aromatic heterocycles. The van der Waals surface area contributed by atoms with Crippen molar-refractivity contribution in [2.45, 2.75) is 244 Å². The van der Waals surface area contributed by atoms with Gasteiger partial charge in [0, 0.05) is 32.3 Å². The van der Waals surface area contributed by atoms with Crippen molar-refractivity contribution in [1.82, 2.24) is 0 Å². The molecule has 0 aliphatic rings. The highest BCUT2D eigenvalue weighted by Gasteiger charge is 2.19. The Morgan fingerprint density at radius 3 is 1.00 bits per heavy atom. The predicted molar refractivity (Wildman–Crippen MR) is 218 cm³/mol. The van der Waals surface area contributed by atoms with Gasteiger partial charge >= 0.3 is 23.9 Å². The van der Waals surface area contributed by atoms with Crippen LogP contribution in [0.3, 0.4) is 0 Å². The van der Waals surface area contributed by atoms with E-state index in [9.17, 15) is 19.2 Å². The summed E-state index contributed by atoms with van der Waals surface area (Å²) in [5.74, 6) is -2.11. The number of hydrogen-bond donors (Lipinski definition) is 2. The molecule has 1 atom stereocenters. The van der Waals surface area contributed by atoms with Crippen molar-refractivity contribution in [2.24, 2.45) is 0 Å². The molecule has 54 heavy (non-hydrogen) atoms. The van der Waals surface area contributed by atoms with Crippen LogP contribution in [0.15, 0.2) is 0 Å². The van der Waals surface area contributed by atoms with Crippen LogP contribution in [-0.4, -0.2) is 60.0 Å². The summed E-state index contributed by atoms with van der Waals surface area (Å²) in [6.45, 7) is 2.23. The molecule has 0 spiro atoms. The number of aliphatic hydroxyl groups excluding tert-OH is 1. The highest BCUT2D eigenvalue weighted by atomic mass is 16.6. The van der Waals surface area contributed by atoms with Crippen LogP contribution in [-0.2, 0) is 33.4 Å². The SMILES string of the molecule is CCCCCCCCCCCCCCCCCC(=O)OC(COC(=O)CCCCCCCCCCCCCCCCCO)COC(=O)CCCCC(=O)O. The maximum absolute atomic E-state index is 12.6. The Hall–Kier alpha value is -2.16. The number of esters is 3. The molecule has 0 saturated carbocycles. The summed E-state index contributed by atoms with van der Waals surface area (Å²) in [4.78, 5) is 48.0. The molecule has 0 aliphatic heterocycles. The number of ether oxygens (including phenoxy) is 3. The molecule has 318 valence electrons. The van der Waals surface area contributed by atoms with Gasteiger partial charge in [-0.15, -0.1) is 0 Å². The van der Waals surface area contributed by atoms with Crippen molar-refractivity contribution in [3.8, 4) is 0 Å². The number of hydrogen-bond acceptors (Lipinski definition) is 8. The maximum atomic E-state index is 12.6. The summed E-state index contributed by atoms with van der Waals surface area (Å²) >= 11 is 0. The second kappa shape index (κ2) is 42.0. The maximum Gasteiger partial charge on any atom is 0.306 e. The van der Waals surface area contributed by atoms with Crippen molar-refractivity contribution in [2.75, 3.05) is 19.8 Å². The smallest absolute Gasteiger partial charge is 0.306 e. The Morgan fingerprint density at radius 2 is 0.667 bits per heavy atom. The third-order valence-electron chi connectivity index (χ3n) is 10.2.